The molecule has 4 heteroatoms. The summed E-state index contributed by atoms with van der Waals surface area (Å²) in [6, 6.07) is 8.20. The van der Waals surface area contributed by atoms with Gasteiger partial charge in [-0.1, -0.05) is 25.5 Å². The minimum absolute atomic E-state index is 0.208. The Hall–Kier alpha value is -1.71. The number of ether oxygens (including phenoxy) is 1. The summed E-state index contributed by atoms with van der Waals surface area (Å²) >= 11 is 0. The largest absolute Gasteiger partial charge is 0.491 e. The fourth-order valence-corrected chi connectivity index (χ4v) is 2.03. The molecule has 0 aliphatic heterocycles. The van der Waals surface area contributed by atoms with Gasteiger partial charge in [0, 0.05) is 27.2 Å². The number of hydrogen-bond donors (Lipinski definition) is 1. The van der Waals surface area contributed by atoms with Crippen LogP contribution >= 0.6 is 0 Å². The maximum Gasteiger partial charge on any atom is 0.193 e. The number of rotatable bonds is 7. The fraction of sp³-hybridized carbons (Fsp3) is 0.588. The van der Waals surface area contributed by atoms with Gasteiger partial charge in [-0.2, -0.15) is 0 Å². The van der Waals surface area contributed by atoms with E-state index < -0.39 is 0 Å². The van der Waals surface area contributed by atoms with Gasteiger partial charge in [0.2, 0.25) is 0 Å². The summed E-state index contributed by atoms with van der Waals surface area (Å²) in [4.78, 5) is 6.49. The molecule has 4 nitrogen and oxygen atoms in total. The van der Waals surface area contributed by atoms with Crippen molar-refractivity contribution < 1.29 is 4.74 Å². The number of guanidine groups is 1. The highest BCUT2D eigenvalue weighted by Gasteiger charge is 2.05. The van der Waals surface area contributed by atoms with Gasteiger partial charge in [0.25, 0.3) is 0 Å². The Morgan fingerprint density at radius 3 is 2.48 bits per heavy atom. The number of unbranched alkanes of at least 4 members (excludes halogenated alkanes) is 1. The van der Waals surface area contributed by atoms with Crippen LogP contribution < -0.4 is 10.1 Å². The highest BCUT2D eigenvalue weighted by Crippen LogP contribution is 2.13. The third kappa shape index (κ3) is 6.52. The van der Waals surface area contributed by atoms with Crippen molar-refractivity contribution >= 4 is 5.96 Å². The van der Waals surface area contributed by atoms with Crippen molar-refractivity contribution in [1.29, 1.82) is 0 Å². The molecular formula is C17H29N3O. The molecule has 21 heavy (non-hydrogen) atoms. The van der Waals surface area contributed by atoms with Crippen LogP contribution in [0.4, 0.5) is 0 Å². The van der Waals surface area contributed by atoms with Gasteiger partial charge in [-0.25, -0.2) is 0 Å². The molecule has 1 N–H and O–H groups in total. The molecule has 0 bridgehead atoms. The summed E-state index contributed by atoms with van der Waals surface area (Å²) < 4.78 is 5.65. The highest BCUT2D eigenvalue weighted by molar-refractivity contribution is 5.79. The SMILES string of the molecule is CCCCN(C)C(=NC)NCc1ccc(OC(C)C)cc1. The summed E-state index contributed by atoms with van der Waals surface area (Å²) in [6.45, 7) is 8.06. The van der Waals surface area contributed by atoms with Gasteiger partial charge in [0.15, 0.2) is 5.96 Å². The fourth-order valence-electron chi connectivity index (χ4n) is 2.03. The first kappa shape index (κ1) is 17.3. The van der Waals surface area contributed by atoms with Crippen LogP contribution in [0.2, 0.25) is 0 Å². The topological polar surface area (TPSA) is 36.9 Å². The van der Waals surface area contributed by atoms with Gasteiger partial charge < -0.3 is 15.0 Å². The van der Waals surface area contributed by atoms with Crippen LogP contribution in [-0.2, 0) is 6.54 Å². The van der Waals surface area contributed by atoms with Crippen molar-refractivity contribution in [3.63, 3.8) is 0 Å². The van der Waals surface area contributed by atoms with E-state index in [1.807, 2.05) is 33.0 Å². The van der Waals surface area contributed by atoms with Crippen LogP contribution in [-0.4, -0.2) is 37.6 Å². The second kappa shape index (κ2) is 9.27. The van der Waals surface area contributed by atoms with E-state index in [1.165, 1.54) is 18.4 Å². The molecule has 0 atom stereocenters. The van der Waals surface area contributed by atoms with E-state index in [1.54, 1.807) is 0 Å². The Balaban J connectivity index is 2.49. The summed E-state index contributed by atoms with van der Waals surface area (Å²) in [7, 11) is 3.90. The normalized spacial score (nSPS) is 11.6. The molecule has 0 heterocycles. The van der Waals surface area contributed by atoms with Gasteiger partial charge in [0.05, 0.1) is 6.10 Å². The molecule has 0 aromatic heterocycles. The van der Waals surface area contributed by atoms with Crippen LogP contribution in [0.15, 0.2) is 29.3 Å². The smallest absolute Gasteiger partial charge is 0.193 e. The number of nitrogens with one attached hydrogen (secondary N) is 1. The third-order valence-corrected chi connectivity index (χ3v) is 3.17. The summed E-state index contributed by atoms with van der Waals surface area (Å²) in [5.41, 5.74) is 1.22. The summed E-state index contributed by atoms with van der Waals surface area (Å²) in [6.07, 6.45) is 2.58. The van der Waals surface area contributed by atoms with Crippen LogP contribution in [0.1, 0.15) is 39.2 Å². The van der Waals surface area contributed by atoms with E-state index in [0.29, 0.717) is 0 Å². The molecule has 0 unspecified atom stereocenters. The Kier molecular flexibility index (Phi) is 7.65. The molecule has 1 rings (SSSR count). The van der Waals surface area contributed by atoms with Gasteiger partial charge in [-0.15, -0.1) is 0 Å². The zero-order valence-electron chi connectivity index (χ0n) is 14.0. The number of aliphatic imine (C=N–C) groups is 1. The van der Waals surface area contributed by atoms with Crippen molar-refractivity contribution in [2.75, 3.05) is 20.6 Å². The van der Waals surface area contributed by atoms with Crippen LogP contribution in [0, 0.1) is 0 Å². The van der Waals surface area contributed by atoms with Crippen LogP contribution in [0.3, 0.4) is 0 Å². The molecule has 1 aromatic carbocycles. The first-order chi connectivity index (χ1) is 10.1. The lowest BCUT2D eigenvalue weighted by Crippen LogP contribution is -2.38. The van der Waals surface area contributed by atoms with Crippen molar-refractivity contribution in [3.05, 3.63) is 29.8 Å². The van der Waals surface area contributed by atoms with Crippen molar-refractivity contribution in [2.24, 2.45) is 4.99 Å². The van der Waals surface area contributed by atoms with E-state index in [4.69, 9.17) is 4.74 Å². The van der Waals surface area contributed by atoms with Crippen molar-refractivity contribution in [1.82, 2.24) is 10.2 Å². The minimum Gasteiger partial charge on any atom is -0.491 e. The molecule has 118 valence electrons. The van der Waals surface area contributed by atoms with E-state index in [2.05, 4.69) is 41.3 Å². The van der Waals surface area contributed by atoms with Gasteiger partial charge in [-0.3, -0.25) is 4.99 Å². The predicted molar refractivity (Wildman–Crippen MR) is 89.9 cm³/mol. The molecule has 0 aliphatic rings. The average molecular weight is 291 g/mol. The second-order valence-corrected chi connectivity index (χ2v) is 5.49. The first-order valence-corrected chi connectivity index (χ1v) is 7.74. The van der Waals surface area contributed by atoms with Gasteiger partial charge in [0.1, 0.15) is 5.75 Å². The lowest BCUT2D eigenvalue weighted by molar-refractivity contribution is 0.242. The lowest BCUT2D eigenvalue weighted by atomic mass is 10.2. The molecule has 0 fully saturated rings. The Morgan fingerprint density at radius 1 is 1.29 bits per heavy atom. The number of hydrogen-bond acceptors (Lipinski definition) is 2. The molecule has 0 aliphatic carbocycles. The standard InChI is InChI=1S/C17H29N3O/c1-6-7-12-20(5)17(18-4)19-13-15-8-10-16(11-9-15)21-14(2)3/h8-11,14H,6-7,12-13H2,1-5H3,(H,18,19). The molecule has 1 aromatic rings. The molecular weight excluding hydrogens is 262 g/mol. The Morgan fingerprint density at radius 2 is 1.95 bits per heavy atom. The number of nitrogens with zero attached hydrogens (tertiary/aromatic N) is 2. The zero-order valence-corrected chi connectivity index (χ0v) is 14.0. The first-order valence-electron chi connectivity index (χ1n) is 7.74. The molecule has 0 amide bonds. The Bertz CT molecular complexity index is 426. The van der Waals surface area contributed by atoms with E-state index in [9.17, 15) is 0 Å². The molecule has 0 saturated carbocycles. The minimum atomic E-state index is 0.208. The van der Waals surface area contributed by atoms with E-state index in [-0.39, 0.29) is 6.10 Å². The second-order valence-electron chi connectivity index (χ2n) is 5.49. The zero-order chi connectivity index (χ0) is 15.7. The quantitative estimate of drug-likeness (QED) is 0.619. The Labute approximate surface area is 129 Å². The van der Waals surface area contributed by atoms with Crippen LogP contribution in [0.25, 0.3) is 0 Å². The van der Waals surface area contributed by atoms with E-state index in [0.717, 1.165) is 24.8 Å². The van der Waals surface area contributed by atoms with Crippen molar-refractivity contribution in [3.8, 4) is 5.75 Å². The number of benzene rings is 1. The monoisotopic (exact) mass is 291 g/mol. The maximum atomic E-state index is 5.65. The van der Waals surface area contributed by atoms with E-state index >= 15 is 0 Å². The summed E-state index contributed by atoms with van der Waals surface area (Å²) in [5, 5.41) is 3.39. The lowest BCUT2D eigenvalue weighted by Gasteiger charge is -2.22. The van der Waals surface area contributed by atoms with Crippen molar-refractivity contribution in [2.45, 2.75) is 46.3 Å². The van der Waals surface area contributed by atoms with Crippen LogP contribution in [0.5, 0.6) is 5.75 Å². The highest BCUT2D eigenvalue weighted by atomic mass is 16.5. The molecule has 0 saturated heterocycles. The molecule has 0 spiro atoms. The van der Waals surface area contributed by atoms with Gasteiger partial charge >= 0.3 is 0 Å². The maximum absolute atomic E-state index is 5.65. The molecule has 0 radical (unpaired) electrons. The summed E-state index contributed by atoms with van der Waals surface area (Å²) in [5.74, 6) is 1.85. The third-order valence-electron chi connectivity index (χ3n) is 3.17. The average Bonchev–Trinajstić information content (AvgIpc) is 2.46. The van der Waals surface area contributed by atoms with Gasteiger partial charge in [-0.05, 0) is 38.0 Å². The predicted octanol–water partition coefficient (Wildman–Crippen LogP) is 3.28.